The second-order valence-corrected chi connectivity index (χ2v) is 17.1. The number of aromatic hydroxyl groups is 1. The van der Waals surface area contributed by atoms with E-state index in [0.29, 0.717) is 17.5 Å². The number of halogens is 2. The summed E-state index contributed by atoms with van der Waals surface area (Å²) in [5.41, 5.74) is 0.587. The van der Waals surface area contributed by atoms with E-state index in [-0.39, 0.29) is 16.4 Å². The number of phenols is 1. The fourth-order valence-electron chi connectivity index (χ4n) is 5.14. The molecule has 160 valence electrons. The number of rotatable bonds is 7. The van der Waals surface area contributed by atoms with Crippen molar-refractivity contribution in [2.24, 2.45) is 16.8 Å². The van der Waals surface area contributed by atoms with Gasteiger partial charge in [-0.1, -0.05) is 45.3 Å². The molecule has 5 nitrogen and oxygen atoms in total. The number of phenolic OH excluding ortho intramolecular Hbond substituents is 1. The maximum atomic E-state index is 11.5. The summed E-state index contributed by atoms with van der Waals surface area (Å²) < 4.78 is 0. The number of fused-ring (bicyclic) bond motifs is 2. The van der Waals surface area contributed by atoms with E-state index in [9.17, 15) is 15.2 Å². The Morgan fingerprint density at radius 1 is 1.24 bits per heavy atom. The van der Waals surface area contributed by atoms with Gasteiger partial charge in [0.05, 0.1) is 19.0 Å². The Balaban J connectivity index is 0.000000941. The molecule has 2 bridgehead atoms. The van der Waals surface area contributed by atoms with Crippen molar-refractivity contribution in [1.29, 1.82) is 0 Å². The Bertz CT molecular complexity index is 738. The Kier molecular flexibility index (Phi) is 9.85. The van der Waals surface area contributed by atoms with Gasteiger partial charge >= 0.3 is 37.9 Å². The molecule has 29 heavy (non-hydrogen) atoms. The first kappa shape index (κ1) is 25.0. The van der Waals surface area contributed by atoms with Crippen LogP contribution in [0.25, 0.3) is 0 Å². The molecule has 0 aliphatic heterocycles. The van der Waals surface area contributed by atoms with Crippen LogP contribution in [0.3, 0.4) is 0 Å². The van der Waals surface area contributed by atoms with E-state index in [4.69, 9.17) is 22.0 Å². The second kappa shape index (κ2) is 11.4. The number of hydrogen-bond acceptors (Lipinski definition) is 4. The van der Waals surface area contributed by atoms with E-state index in [1.165, 1.54) is 25.3 Å². The zero-order valence-corrected chi connectivity index (χ0v) is 22.3. The number of non-ortho nitro benzene ring substituents is 1. The Hall–Kier alpha value is -0.230. The number of benzene rings is 1. The first-order valence-corrected chi connectivity index (χ1v) is 19.3. The molecular formula is C20H30Cl2N2O3SiZr. The van der Waals surface area contributed by atoms with Crippen LogP contribution < -0.4 is 5.19 Å². The van der Waals surface area contributed by atoms with Gasteiger partial charge in [0.25, 0.3) is 5.69 Å². The second-order valence-electron chi connectivity index (χ2n) is 8.12. The summed E-state index contributed by atoms with van der Waals surface area (Å²) in [6.07, 6.45) is 6.67. The Morgan fingerprint density at radius 3 is 2.31 bits per heavy atom. The van der Waals surface area contributed by atoms with Crippen molar-refractivity contribution in [3.05, 3.63) is 27.8 Å². The summed E-state index contributed by atoms with van der Waals surface area (Å²) in [7, 11) is 7.93. The third-order valence-corrected chi connectivity index (χ3v) is 12.6. The third-order valence-electron chi connectivity index (χ3n) is 7.04. The Morgan fingerprint density at radius 2 is 1.86 bits per heavy atom. The van der Waals surface area contributed by atoms with Crippen molar-refractivity contribution in [1.82, 2.24) is 0 Å². The van der Waals surface area contributed by atoms with Crippen LogP contribution in [0.15, 0.2) is 17.1 Å². The fraction of sp³-hybridized carbons (Fsp3) is 0.650. The van der Waals surface area contributed by atoms with Gasteiger partial charge in [0.1, 0.15) is 5.75 Å². The molecule has 0 heterocycles. The van der Waals surface area contributed by atoms with E-state index >= 15 is 0 Å². The SMILES string of the molecule is CC[Si](CC)(CC)c1cc([N+](=O)[O-])cc(C=NC2CC3CCC2C3)c1O.[Cl][Zr][Cl]. The van der Waals surface area contributed by atoms with Crippen molar-refractivity contribution < 1.29 is 30.9 Å². The van der Waals surface area contributed by atoms with E-state index in [2.05, 4.69) is 20.8 Å². The summed E-state index contributed by atoms with van der Waals surface area (Å²) in [4.78, 5) is 15.9. The van der Waals surface area contributed by atoms with Crippen LogP contribution in [0, 0.1) is 22.0 Å². The minimum atomic E-state index is -1.94. The van der Waals surface area contributed by atoms with Gasteiger partial charge in [-0.25, -0.2) is 0 Å². The van der Waals surface area contributed by atoms with Crippen molar-refractivity contribution in [2.45, 2.75) is 70.6 Å². The van der Waals surface area contributed by atoms with Crippen LogP contribution in [0.1, 0.15) is 52.0 Å². The maximum absolute atomic E-state index is 11.5. The summed E-state index contributed by atoms with van der Waals surface area (Å²) in [6, 6.07) is 6.33. The van der Waals surface area contributed by atoms with Crippen LogP contribution >= 0.6 is 17.0 Å². The molecule has 2 saturated carbocycles. The van der Waals surface area contributed by atoms with Crippen LogP contribution in [0.2, 0.25) is 18.1 Å². The molecule has 0 spiro atoms. The van der Waals surface area contributed by atoms with Gasteiger partial charge in [-0.15, -0.1) is 0 Å². The van der Waals surface area contributed by atoms with Gasteiger partial charge < -0.3 is 5.11 Å². The zero-order chi connectivity index (χ0) is 21.6. The standard InChI is InChI=1S/C20H30N2O3Si.2ClH.Zr/c1-4-26(5-2,6-3)19-12-17(22(24)25)11-16(20(19)23)13-21-18-10-14-7-8-15(18)9-14;;;/h11-15,18,23H,4-10H2,1-3H3;2*1H;/q;;;+2/p-2. The predicted octanol–water partition coefficient (Wildman–Crippen LogP) is 6.00. The molecule has 1 aromatic rings. The number of nitro benzene ring substituents is 1. The molecule has 1 N–H and O–H groups in total. The monoisotopic (exact) mass is 534 g/mol. The van der Waals surface area contributed by atoms with E-state index in [0.717, 1.165) is 35.7 Å². The number of nitro groups is 1. The molecule has 0 amide bonds. The average Bonchev–Trinajstić information content (AvgIpc) is 3.33. The fourth-order valence-corrected chi connectivity index (χ4v) is 8.88. The summed E-state index contributed by atoms with van der Waals surface area (Å²) in [5.74, 6) is 1.68. The molecule has 2 aliphatic rings. The summed E-state index contributed by atoms with van der Waals surface area (Å²) in [6.45, 7) is 6.42. The van der Waals surface area contributed by atoms with Gasteiger partial charge in [0, 0.05) is 23.9 Å². The van der Waals surface area contributed by atoms with Crippen molar-refractivity contribution in [3.63, 3.8) is 0 Å². The van der Waals surface area contributed by atoms with Crippen molar-refractivity contribution >= 4 is 42.2 Å². The van der Waals surface area contributed by atoms with Gasteiger partial charge in [-0.2, -0.15) is 0 Å². The van der Waals surface area contributed by atoms with Gasteiger partial charge in [-0.05, 0) is 36.3 Å². The average molecular weight is 537 g/mol. The molecule has 9 heteroatoms. The number of aliphatic imine (C=N–C) groups is 1. The molecule has 0 aromatic heterocycles. The topological polar surface area (TPSA) is 75.7 Å². The number of hydrogen-bond donors (Lipinski definition) is 1. The first-order valence-electron chi connectivity index (χ1n) is 10.4. The van der Waals surface area contributed by atoms with Crippen LogP contribution in [0.4, 0.5) is 5.69 Å². The molecule has 0 saturated heterocycles. The quantitative estimate of drug-likeness (QED) is 0.201. The number of nitrogens with zero attached hydrogens (tertiary/aromatic N) is 2. The van der Waals surface area contributed by atoms with Crippen LogP contribution in [-0.4, -0.2) is 30.4 Å². The van der Waals surface area contributed by atoms with E-state index < -0.39 is 28.9 Å². The van der Waals surface area contributed by atoms with E-state index in [1.807, 2.05) is 0 Å². The summed E-state index contributed by atoms with van der Waals surface area (Å²) >= 11 is -0.826. The van der Waals surface area contributed by atoms with Gasteiger partial charge in [-0.3, -0.25) is 15.1 Å². The predicted molar refractivity (Wildman–Crippen MR) is 120 cm³/mol. The molecule has 3 rings (SSSR count). The molecule has 1 aromatic carbocycles. The van der Waals surface area contributed by atoms with Gasteiger partial charge in [0.2, 0.25) is 0 Å². The molecule has 2 aliphatic carbocycles. The van der Waals surface area contributed by atoms with Gasteiger partial charge in [0.15, 0.2) is 0 Å². The molecule has 2 fully saturated rings. The normalized spacial score (nSPS) is 23.1. The Labute approximate surface area is 193 Å². The molecular weight excluding hydrogens is 506 g/mol. The first-order chi connectivity index (χ1) is 13.8. The van der Waals surface area contributed by atoms with Crippen molar-refractivity contribution in [2.75, 3.05) is 0 Å². The zero-order valence-electron chi connectivity index (χ0n) is 17.3. The minimum absolute atomic E-state index is 0.0689. The summed E-state index contributed by atoms with van der Waals surface area (Å²) in [5, 5.41) is 23.2. The molecule has 0 radical (unpaired) electrons. The van der Waals surface area contributed by atoms with Crippen LogP contribution in [0.5, 0.6) is 5.75 Å². The molecule has 3 atom stereocenters. The van der Waals surface area contributed by atoms with Crippen LogP contribution in [-0.2, 0) is 20.8 Å². The third kappa shape index (κ3) is 5.72. The molecule has 3 unspecified atom stereocenters. The van der Waals surface area contributed by atoms with E-state index in [1.54, 1.807) is 12.3 Å². The van der Waals surface area contributed by atoms with Crippen molar-refractivity contribution in [3.8, 4) is 5.75 Å².